The predicted molar refractivity (Wildman–Crippen MR) is 73.1 cm³/mol. The molecule has 0 aromatic carbocycles. The molecule has 2 aliphatic rings. The zero-order valence-corrected chi connectivity index (χ0v) is 12.0. The molecule has 3 heterocycles. The Hall–Kier alpha value is -1.85. The number of hydrogen-bond acceptors (Lipinski definition) is 3. The van der Waals surface area contributed by atoms with E-state index in [1.165, 1.54) is 0 Å². The van der Waals surface area contributed by atoms with Gasteiger partial charge in [-0.2, -0.15) is 5.10 Å². The first-order valence-corrected chi connectivity index (χ1v) is 7.07. The fraction of sp³-hybridized carbons (Fsp3) is 0.643. The van der Waals surface area contributed by atoms with Gasteiger partial charge >= 0.3 is 0 Å². The molecule has 0 bridgehead atoms. The second-order valence-electron chi connectivity index (χ2n) is 5.94. The Bertz CT molecular complexity index is 553. The van der Waals surface area contributed by atoms with Crippen molar-refractivity contribution in [1.82, 2.24) is 19.6 Å². The van der Waals surface area contributed by atoms with Crippen LogP contribution in [0.15, 0.2) is 12.3 Å². The molecule has 1 aromatic heterocycles. The Morgan fingerprint density at radius 3 is 2.75 bits per heavy atom. The summed E-state index contributed by atoms with van der Waals surface area (Å²) in [5.41, 5.74) is 0.148. The van der Waals surface area contributed by atoms with E-state index in [1.807, 2.05) is 11.9 Å². The van der Waals surface area contributed by atoms with Gasteiger partial charge in [0.05, 0.1) is 12.0 Å². The number of likely N-dealkylation sites (tertiary alicyclic amines) is 2. The van der Waals surface area contributed by atoms with Crippen LogP contribution in [0.4, 0.5) is 0 Å². The first-order valence-electron chi connectivity index (χ1n) is 7.07. The zero-order chi connectivity index (χ0) is 14.3. The van der Waals surface area contributed by atoms with Gasteiger partial charge in [-0.1, -0.05) is 0 Å². The summed E-state index contributed by atoms with van der Waals surface area (Å²) >= 11 is 0. The van der Waals surface area contributed by atoms with Crippen molar-refractivity contribution >= 4 is 11.8 Å². The molecule has 6 heteroatoms. The van der Waals surface area contributed by atoms with Crippen LogP contribution in [-0.2, 0) is 11.8 Å². The predicted octanol–water partition coefficient (Wildman–Crippen LogP) is 0.647. The van der Waals surface area contributed by atoms with Gasteiger partial charge in [0, 0.05) is 33.4 Å². The second kappa shape index (κ2) is 4.61. The van der Waals surface area contributed by atoms with Gasteiger partial charge in [-0.05, 0) is 25.3 Å². The Morgan fingerprint density at radius 2 is 2.15 bits per heavy atom. The molecule has 2 amide bonds. The van der Waals surface area contributed by atoms with E-state index < -0.39 is 0 Å². The van der Waals surface area contributed by atoms with Gasteiger partial charge in [0.25, 0.3) is 5.91 Å². The van der Waals surface area contributed by atoms with Crippen LogP contribution >= 0.6 is 0 Å². The summed E-state index contributed by atoms with van der Waals surface area (Å²) < 4.78 is 1.63. The molecule has 1 spiro atoms. The molecule has 0 saturated carbocycles. The third-order valence-electron chi connectivity index (χ3n) is 4.46. The molecule has 20 heavy (non-hydrogen) atoms. The Labute approximate surface area is 118 Å². The van der Waals surface area contributed by atoms with Crippen molar-refractivity contribution in [2.75, 3.05) is 20.1 Å². The van der Waals surface area contributed by atoms with E-state index in [4.69, 9.17) is 0 Å². The third kappa shape index (κ3) is 1.99. The van der Waals surface area contributed by atoms with E-state index >= 15 is 0 Å². The number of amides is 2. The van der Waals surface area contributed by atoms with Crippen LogP contribution in [0.1, 0.15) is 36.2 Å². The third-order valence-corrected chi connectivity index (χ3v) is 4.46. The number of carbonyl (C=O) groups excluding carboxylic acids is 2. The summed E-state index contributed by atoms with van der Waals surface area (Å²) in [7, 11) is 3.62. The highest BCUT2D eigenvalue weighted by Gasteiger charge is 2.49. The lowest BCUT2D eigenvalue weighted by Crippen LogP contribution is -2.56. The molecule has 1 aromatic rings. The zero-order valence-electron chi connectivity index (χ0n) is 12.0. The van der Waals surface area contributed by atoms with Gasteiger partial charge in [-0.3, -0.25) is 14.3 Å². The number of hydrogen-bond donors (Lipinski definition) is 0. The molecule has 2 fully saturated rings. The maximum atomic E-state index is 12.7. The summed E-state index contributed by atoms with van der Waals surface area (Å²) in [5.74, 6) is 0.0825. The first kappa shape index (κ1) is 13.1. The highest BCUT2D eigenvalue weighted by molar-refractivity contribution is 5.94. The average molecular weight is 276 g/mol. The van der Waals surface area contributed by atoms with Crippen molar-refractivity contribution in [2.24, 2.45) is 7.05 Å². The highest BCUT2D eigenvalue weighted by atomic mass is 16.2. The van der Waals surface area contributed by atoms with Crippen LogP contribution in [0.5, 0.6) is 0 Å². The number of aryl methyl sites for hydroxylation is 1. The van der Waals surface area contributed by atoms with Crippen LogP contribution in [0, 0.1) is 0 Å². The number of likely N-dealkylation sites (N-methyl/N-ethyl adjacent to an activating group) is 1. The van der Waals surface area contributed by atoms with Crippen LogP contribution < -0.4 is 0 Å². The number of nitrogens with zero attached hydrogens (tertiary/aromatic N) is 4. The Morgan fingerprint density at radius 1 is 1.35 bits per heavy atom. The number of aromatic nitrogens is 2. The molecule has 0 N–H and O–H groups in total. The van der Waals surface area contributed by atoms with E-state index in [-0.39, 0.29) is 17.4 Å². The van der Waals surface area contributed by atoms with Crippen LogP contribution in [0.3, 0.4) is 0 Å². The number of rotatable bonds is 1. The standard InChI is InChI=1S/C14H20N4O2/c1-16-10-14(9-12(16)19)6-3-4-7-18(14)13(20)11-5-8-17(2)15-11/h5,8H,3-4,6-7,9-10H2,1-2H3. The minimum absolute atomic E-state index is 0.0478. The SMILES string of the molecule is CN1CC2(CCCCN2C(=O)c2ccn(C)n2)CC1=O. The minimum Gasteiger partial charge on any atom is -0.343 e. The maximum Gasteiger partial charge on any atom is 0.274 e. The van der Waals surface area contributed by atoms with Crippen LogP contribution in [0.2, 0.25) is 0 Å². The molecule has 2 aliphatic heterocycles. The second-order valence-corrected chi connectivity index (χ2v) is 5.94. The van der Waals surface area contributed by atoms with Crippen molar-refractivity contribution in [3.63, 3.8) is 0 Å². The smallest absolute Gasteiger partial charge is 0.274 e. The molecule has 0 radical (unpaired) electrons. The van der Waals surface area contributed by atoms with Crippen molar-refractivity contribution in [1.29, 1.82) is 0 Å². The molecular weight excluding hydrogens is 256 g/mol. The van der Waals surface area contributed by atoms with Gasteiger partial charge in [0.15, 0.2) is 0 Å². The number of carbonyl (C=O) groups is 2. The lowest BCUT2D eigenvalue weighted by molar-refractivity contribution is -0.126. The minimum atomic E-state index is -0.321. The van der Waals surface area contributed by atoms with Crippen LogP contribution in [-0.4, -0.2) is 57.1 Å². The first-order chi connectivity index (χ1) is 9.52. The normalized spacial score (nSPS) is 26.6. The van der Waals surface area contributed by atoms with Crippen molar-refractivity contribution in [2.45, 2.75) is 31.2 Å². The Kier molecular flexibility index (Phi) is 3.03. The van der Waals surface area contributed by atoms with Gasteiger partial charge < -0.3 is 9.80 Å². The average Bonchev–Trinajstić information content (AvgIpc) is 2.95. The fourth-order valence-corrected chi connectivity index (χ4v) is 3.43. The fourth-order valence-electron chi connectivity index (χ4n) is 3.43. The summed E-state index contributed by atoms with van der Waals surface area (Å²) in [6.07, 6.45) is 5.20. The lowest BCUT2D eigenvalue weighted by Gasteiger charge is -2.43. The van der Waals surface area contributed by atoms with Gasteiger partial charge in [0.1, 0.15) is 5.69 Å². The molecule has 108 valence electrons. The van der Waals surface area contributed by atoms with Crippen LogP contribution in [0.25, 0.3) is 0 Å². The van der Waals surface area contributed by atoms with Gasteiger partial charge in [-0.15, -0.1) is 0 Å². The summed E-state index contributed by atoms with van der Waals surface area (Å²) in [6.45, 7) is 1.36. The molecule has 2 saturated heterocycles. The van der Waals surface area contributed by atoms with E-state index in [1.54, 1.807) is 28.9 Å². The summed E-state index contributed by atoms with van der Waals surface area (Å²) in [4.78, 5) is 28.3. The molecule has 0 aliphatic carbocycles. The van der Waals surface area contributed by atoms with E-state index in [2.05, 4.69) is 5.10 Å². The van der Waals surface area contributed by atoms with Crippen molar-refractivity contribution in [3.8, 4) is 0 Å². The van der Waals surface area contributed by atoms with Gasteiger partial charge in [-0.25, -0.2) is 0 Å². The monoisotopic (exact) mass is 276 g/mol. The molecule has 1 unspecified atom stereocenters. The maximum absolute atomic E-state index is 12.7. The molecule has 1 atom stereocenters. The summed E-state index contributed by atoms with van der Waals surface area (Å²) in [5, 5.41) is 4.21. The largest absolute Gasteiger partial charge is 0.343 e. The van der Waals surface area contributed by atoms with Gasteiger partial charge in [0.2, 0.25) is 5.91 Å². The molecular formula is C14H20N4O2. The van der Waals surface area contributed by atoms with Crippen molar-refractivity contribution < 1.29 is 9.59 Å². The summed E-state index contributed by atoms with van der Waals surface area (Å²) in [6, 6.07) is 1.74. The van der Waals surface area contributed by atoms with E-state index in [0.29, 0.717) is 18.7 Å². The topological polar surface area (TPSA) is 58.4 Å². The highest BCUT2D eigenvalue weighted by Crippen LogP contribution is 2.37. The van der Waals surface area contributed by atoms with E-state index in [0.717, 1.165) is 25.8 Å². The lowest BCUT2D eigenvalue weighted by atomic mass is 9.85. The molecule has 6 nitrogen and oxygen atoms in total. The molecule has 3 rings (SSSR count). The van der Waals surface area contributed by atoms with Crippen molar-refractivity contribution in [3.05, 3.63) is 18.0 Å². The quantitative estimate of drug-likeness (QED) is 0.756. The number of piperidine rings is 1. The van der Waals surface area contributed by atoms with E-state index in [9.17, 15) is 9.59 Å². The Balaban J connectivity index is 1.90.